The first-order valence-corrected chi connectivity index (χ1v) is 7.17. The van der Waals surface area contributed by atoms with E-state index in [4.69, 9.17) is 28.4 Å². The summed E-state index contributed by atoms with van der Waals surface area (Å²) >= 11 is 10.6. The normalized spacial score (nSPS) is 11.2. The van der Waals surface area contributed by atoms with E-state index in [0.717, 1.165) is 0 Å². The highest BCUT2D eigenvalue weighted by Crippen LogP contribution is 2.17. The van der Waals surface area contributed by atoms with Gasteiger partial charge < -0.3 is 5.32 Å². The molecular formula is C10H12ClNO3S2. The van der Waals surface area contributed by atoms with Gasteiger partial charge in [0.25, 0.3) is 10.1 Å². The van der Waals surface area contributed by atoms with Crippen LogP contribution in [0.1, 0.15) is 11.1 Å². The number of alkyl halides is 1. The maximum atomic E-state index is 11.1. The lowest BCUT2D eigenvalue weighted by molar-refractivity contribution is 0.482. The first-order valence-electron chi connectivity index (χ1n) is 4.78. The molecule has 1 aromatic carbocycles. The van der Waals surface area contributed by atoms with E-state index in [-0.39, 0.29) is 4.90 Å². The lowest BCUT2D eigenvalue weighted by Gasteiger charge is -2.09. The third-order valence-corrected chi connectivity index (χ3v) is 3.67. The van der Waals surface area contributed by atoms with Crippen molar-refractivity contribution < 1.29 is 13.0 Å². The number of rotatable bonds is 4. The van der Waals surface area contributed by atoms with Crippen molar-refractivity contribution in [3.8, 4) is 0 Å². The Morgan fingerprint density at radius 1 is 1.53 bits per heavy atom. The minimum atomic E-state index is -4.22. The summed E-state index contributed by atoms with van der Waals surface area (Å²) in [4.78, 5) is 0.264. The Bertz CT molecular complexity index is 528. The zero-order valence-electron chi connectivity index (χ0n) is 9.10. The Kier molecular flexibility index (Phi) is 4.88. The maximum absolute atomic E-state index is 11.1. The van der Waals surface area contributed by atoms with Crippen molar-refractivity contribution in [1.82, 2.24) is 5.32 Å². The highest BCUT2D eigenvalue weighted by molar-refractivity contribution is 7.86. The van der Waals surface area contributed by atoms with Crippen molar-refractivity contribution in [2.24, 2.45) is 0 Å². The van der Waals surface area contributed by atoms with Gasteiger partial charge in [-0.2, -0.15) is 8.42 Å². The Balaban J connectivity index is 3.09. The average Bonchev–Trinajstić information content (AvgIpc) is 2.25. The number of nitrogens with one attached hydrogen (secondary N) is 1. The quantitative estimate of drug-likeness (QED) is 0.503. The van der Waals surface area contributed by atoms with Crippen LogP contribution in [0.5, 0.6) is 0 Å². The molecule has 0 saturated carbocycles. The van der Waals surface area contributed by atoms with Crippen LogP contribution in [0.25, 0.3) is 0 Å². The predicted molar refractivity (Wildman–Crippen MR) is 71.4 cm³/mol. The molecule has 0 saturated heterocycles. The highest BCUT2D eigenvalue weighted by Gasteiger charge is 2.14. The molecule has 7 heteroatoms. The number of benzene rings is 1. The lowest BCUT2D eigenvalue weighted by atomic mass is 10.1. The van der Waals surface area contributed by atoms with E-state index in [1.54, 1.807) is 19.1 Å². The van der Waals surface area contributed by atoms with Gasteiger partial charge in [-0.25, -0.2) is 0 Å². The fraction of sp³-hybridized carbons (Fsp3) is 0.300. The predicted octanol–water partition coefficient (Wildman–Crippen LogP) is 1.75. The molecule has 0 spiro atoms. The summed E-state index contributed by atoms with van der Waals surface area (Å²) in [6.45, 7) is 2.09. The minimum absolute atomic E-state index is 0.134. The number of halogens is 1. The summed E-state index contributed by atoms with van der Waals surface area (Å²) in [6, 6.07) is 4.62. The standard InChI is InChI=1S/C10H12ClNO3S2/c1-7-2-3-8(10(16)12-5-4-11)6-9(7)17(13,14)15/h2-3,6H,4-5H2,1H3,(H,12,16)(H,13,14,15). The molecule has 0 aromatic heterocycles. The molecule has 1 rings (SSSR count). The van der Waals surface area contributed by atoms with Crippen LogP contribution in [0.4, 0.5) is 0 Å². The Morgan fingerprint density at radius 2 is 2.18 bits per heavy atom. The van der Waals surface area contributed by atoms with Crippen molar-refractivity contribution in [3.63, 3.8) is 0 Å². The molecule has 0 bridgehead atoms. The first-order chi connectivity index (χ1) is 7.86. The van der Waals surface area contributed by atoms with E-state index in [9.17, 15) is 8.42 Å². The zero-order chi connectivity index (χ0) is 13.1. The second-order valence-electron chi connectivity index (χ2n) is 3.40. The molecular weight excluding hydrogens is 282 g/mol. The molecule has 0 amide bonds. The SMILES string of the molecule is Cc1ccc(C(=S)NCCCl)cc1S(=O)(=O)O. The molecule has 0 heterocycles. The molecule has 94 valence electrons. The van der Waals surface area contributed by atoms with Crippen molar-refractivity contribution in [1.29, 1.82) is 0 Å². The summed E-state index contributed by atoms with van der Waals surface area (Å²) in [7, 11) is -4.22. The van der Waals surface area contributed by atoms with Gasteiger partial charge >= 0.3 is 0 Å². The summed E-state index contributed by atoms with van der Waals surface area (Å²) in [5.74, 6) is 0.400. The highest BCUT2D eigenvalue weighted by atomic mass is 35.5. The Hall–Kier alpha value is -0.690. The largest absolute Gasteiger partial charge is 0.375 e. The second-order valence-corrected chi connectivity index (χ2v) is 5.58. The molecule has 0 aliphatic heterocycles. The summed E-state index contributed by atoms with van der Waals surface area (Å²) in [5, 5.41) is 2.87. The van der Waals surface area contributed by atoms with Crippen molar-refractivity contribution in [2.75, 3.05) is 12.4 Å². The third-order valence-electron chi connectivity index (χ3n) is 2.11. The van der Waals surface area contributed by atoms with Crippen LogP contribution >= 0.6 is 23.8 Å². The molecule has 0 aliphatic rings. The third kappa shape index (κ3) is 3.92. The molecule has 0 unspecified atom stereocenters. The summed E-state index contributed by atoms with van der Waals surface area (Å²) in [6.07, 6.45) is 0. The van der Waals surface area contributed by atoms with E-state index in [1.165, 1.54) is 6.07 Å². The maximum Gasteiger partial charge on any atom is 0.294 e. The molecule has 1 aromatic rings. The second kappa shape index (κ2) is 5.77. The fourth-order valence-corrected chi connectivity index (χ4v) is 2.36. The zero-order valence-corrected chi connectivity index (χ0v) is 11.5. The van der Waals surface area contributed by atoms with E-state index in [2.05, 4.69) is 5.32 Å². The van der Waals surface area contributed by atoms with Gasteiger partial charge in [0.2, 0.25) is 0 Å². The average molecular weight is 294 g/mol. The molecule has 0 atom stereocenters. The van der Waals surface area contributed by atoms with Crippen molar-refractivity contribution in [2.45, 2.75) is 11.8 Å². The molecule has 17 heavy (non-hydrogen) atoms. The van der Waals surface area contributed by atoms with E-state index < -0.39 is 10.1 Å². The van der Waals surface area contributed by atoms with Crippen LogP contribution in [0, 0.1) is 6.92 Å². The number of hydrogen-bond donors (Lipinski definition) is 2. The number of thiocarbonyl (C=S) groups is 1. The summed E-state index contributed by atoms with van der Waals surface area (Å²) < 4.78 is 31.3. The number of aryl methyl sites for hydroxylation is 1. The van der Waals surface area contributed by atoms with Gasteiger partial charge in [0, 0.05) is 18.0 Å². The van der Waals surface area contributed by atoms with Gasteiger partial charge in [-0.05, 0) is 18.6 Å². The van der Waals surface area contributed by atoms with Crippen LogP contribution in [0.2, 0.25) is 0 Å². The van der Waals surface area contributed by atoms with E-state index in [1.807, 2.05) is 0 Å². The van der Waals surface area contributed by atoms with Crippen molar-refractivity contribution in [3.05, 3.63) is 29.3 Å². The van der Waals surface area contributed by atoms with Gasteiger partial charge in [-0.15, -0.1) is 11.6 Å². The van der Waals surface area contributed by atoms with Crippen LogP contribution < -0.4 is 5.32 Å². The van der Waals surface area contributed by atoms with Crippen LogP contribution in [0.3, 0.4) is 0 Å². The van der Waals surface area contributed by atoms with E-state index in [0.29, 0.717) is 28.5 Å². The van der Waals surface area contributed by atoms with Gasteiger partial charge in [0.05, 0.1) is 4.90 Å². The van der Waals surface area contributed by atoms with Crippen molar-refractivity contribution >= 4 is 38.9 Å². The smallest absolute Gasteiger partial charge is 0.294 e. The molecule has 0 aliphatic carbocycles. The fourth-order valence-electron chi connectivity index (χ4n) is 1.28. The monoisotopic (exact) mass is 293 g/mol. The first kappa shape index (κ1) is 14.4. The number of hydrogen-bond acceptors (Lipinski definition) is 3. The van der Waals surface area contributed by atoms with Crippen LogP contribution in [-0.4, -0.2) is 30.4 Å². The summed E-state index contributed by atoms with van der Waals surface area (Å²) in [5.41, 5.74) is 1.000. The lowest BCUT2D eigenvalue weighted by Crippen LogP contribution is -2.24. The van der Waals surface area contributed by atoms with Crippen LogP contribution in [0.15, 0.2) is 23.1 Å². The van der Waals surface area contributed by atoms with Crippen LogP contribution in [-0.2, 0) is 10.1 Å². The molecule has 2 N–H and O–H groups in total. The van der Waals surface area contributed by atoms with Gasteiger partial charge in [0.1, 0.15) is 4.99 Å². The Labute approximate surface area is 111 Å². The molecule has 4 nitrogen and oxygen atoms in total. The topological polar surface area (TPSA) is 66.4 Å². The van der Waals surface area contributed by atoms with Gasteiger partial charge in [-0.1, -0.05) is 24.4 Å². The van der Waals surface area contributed by atoms with Gasteiger partial charge in [-0.3, -0.25) is 4.55 Å². The Morgan fingerprint density at radius 3 is 2.71 bits per heavy atom. The molecule has 0 radical (unpaired) electrons. The van der Waals surface area contributed by atoms with Gasteiger partial charge in [0.15, 0.2) is 0 Å². The minimum Gasteiger partial charge on any atom is -0.375 e. The van der Waals surface area contributed by atoms with E-state index >= 15 is 0 Å². The molecule has 0 fully saturated rings.